The van der Waals surface area contributed by atoms with Gasteiger partial charge in [-0.3, -0.25) is 9.78 Å². The lowest BCUT2D eigenvalue weighted by molar-refractivity contribution is -0.121. The van der Waals surface area contributed by atoms with E-state index in [4.69, 9.17) is 4.74 Å². The highest BCUT2D eigenvalue weighted by atomic mass is 32.2. The van der Waals surface area contributed by atoms with Gasteiger partial charge in [-0.05, 0) is 54.7 Å². The zero-order chi connectivity index (χ0) is 20.0. The van der Waals surface area contributed by atoms with E-state index in [2.05, 4.69) is 10.3 Å². The van der Waals surface area contributed by atoms with E-state index >= 15 is 0 Å². The number of hydrogen-bond acceptors (Lipinski definition) is 5. The van der Waals surface area contributed by atoms with Crippen LogP contribution in [-0.4, -0.2) is 43.8 Å². The quantitative estimate of drug-likeness (QED) is 0.729. The molecular weight excluding hydrogens is 378 g/mol. The Morgan fingerprint density at radius 3 is 2.71 bits per heavy atom. The number of rotatable bonds is 8. The lowest BCUT2D eigenvalue weighted by Crippen LogP contribution is -2.28. The summed E-state index contributed by atoms with van der Waals surface area (Å²) in [5, 5.41) is 2.85. The predicted octanol–water partition coefficient (Wildman–Crippen LogP) is 2.12. The average Bonchev–Trinajstić information content (AvgIpc) is 3.27. The Kier molecular flexibility index (Phi) is 6.64. The number of amides is 1. The van der Waals surface area contributed by atoms with Crippen LogP contribution in [0.4, 0.5) is 0 Å². The molecule has 0 aliphatic carbocycles. The topological polar surface area (TPSA) is 88.6 Å². The van der Waals surface area contributed by atoms with Crippen LogP contribution in [0, 0.1) is 0 Å². The Morgan fingerprint density at radius 1 is 1.25 bits per heavy atom. The highest BCUT2D eigenvalue weighted by Crippen LogP contribution is 2.27. The van der Waals surface area contributed by atoms with Crippen LogP contribution < -0.4 is 10.1 Å². The van der Waals surface area contributed by atoms with Crippen LogP contribution in [-0.2, 0) is 27.8 Å². The molecule has 1 aliphatic rings. The van der Waals surface area contributed by atoms with Gasteiger partial charge in [-0.2, -0.15) is 4.31 Å². The molecule has 7 nitrogen and oxygen atoms in total. The lowest BCUT2D eigenvalue weighted by atomic mass is 10.1. The molecule has 3 rings (SSSR count). The first-order valence-electron chi connectivity index (χ1n) is 9.33. The highest BCUT2D eigenvalue weighted by molar-refractivity contribution is 7.89. The number of ether oxygens (including phenoxy) is 1. The van der Waals surface area contributed by atoms with Gasteiger partial charge in [0.15, 0.2) is 0 Å². The number of nitrogens with one attached hydrogen (secondary N) is 1. The van der Waals surface area contributed by atoms with E-state index in [1.54, 1.807) is 30.6 Å². The summed E-state index contributed by atoms with van der Waals surface area (Å²) in [7, 11) is -1.96. The summed E-state index contributed by atoms with van der Waals surface area (Å²) in [6, 6.07) is 8.56. The van der Waals surface area contributed by atoms with Gasteiger partial charge in [0.2, 0.25) is 15.9 Å². The van der Waals surface area contributed by atoms with Crippen molar-refractivity contribution >= 4 is 15.9 Å². The first-order chi connectivity index (χ1) is 13.5. The molecule has 1 amide bonds. The molecule has 0 spiro atoms. The monoisotopic (exact) mass is 403 g/mol. The van der Waals surface area contributed by atoms with Crippen molar-refractivity contribution in [3.63, 3.8) is 0 Å². The standard InChI is InChI=1S/C20H25N3O4S/c1-27-19-8-7-18(28(25,26)23-11-2-3-12-23)13-17(19)6-9-20(24)22-15-16-5-4-10-21-14-16/h4-5,7-8,10,13-14H,2-3,6,9,11-12,15H2,1H3,(H,22,24). The van der Waals surface area contributed by atoms with Gasteiger partial charge in [0, 0.05) is 38.4 Å². The third-order valence-corrected chi connectivity index (χ3v) is 6.68. The van der Waals surface area contributed by atoms with Crippen molar-refractivity contribution in [3.8, 4) is 5.75 Å². The van der Waals surface area contributed by atoms with Gasteiger partial charge in [-0.15, -0.1) is 0 Å². The molecule has 0 atom stereocenters. The zero-order valence-corrected chi connectivity index (χ0v) is 16.7. The molecule has 28 heavy (non-hydrogen) atoms. The van der Waals surface area contributed by atoms with Gasteiger partial charge in [0.25, 0.3) is 0 Å². The van der Waals surface area contributed by atoms with Crippen LogP contribution in [0.2, 0.25) is 0 Å². The highest BCUT2D eigenvalue weighted by Gasteiger charge is 2.27. The molecule has 1 aromatic heterocycles. The minimum atomic E-state index is -3.50. The van der Waals surface area contributed by atoms with E-state index in [1.165, 1.54) is 11.4 Å². The number of aromatic nitrogens is 1. The van der Waals surface area contributed by atoms with Crippen LogP contribution in [0.5, 0.6) is 5.75 Å². The van der Waals surface area contributed by atoms with Crippen LogP contribution >= 0.6 is 0 Å². The van der Waals surface area contributed by atoms with Crippen LogP contribution in [0.3, 0.4) is 0 Å². The Bertz CT molecular complexity index is 910. The number of hydrogen-bond donors (Lipinski definition) is 1. The fourth-order valence-corrected chi connectivity index (χ4v) is 4.80. The molecule has 1 aromatic carbocycles. The van der Waals surface area contributed by atoms with Crippen molar-refractivity contribution in [1.82, 2.24) is 14.6 Å². The SMILES string of the molecule is COc1ccc(S(=O)(=O)N2CCCC2)cc1CCC(=O)NCc1cccnc1. The van der Waals surface area contributed by atoms with Gasteiger partial charge < -0.3 is 10.1 Å². The van der Waals surface area contributed by atoms with Gasteiger partial charge >= 0.3 is 0 Å². The van der Waals surface area contributed by atoms with Gasteiger partial charge in [0.1, 0.15) is 5.75 Å². The molecule has 1 fully saturated rings. The van der Waals surface area contributed by atoms with E-state index in [9.17, 15) is 13.2 Å². The van der Waals surface area contributed by atoms with E-state index in [1.807, 2.05) is 12.1 Å². The van der Waals surface area contributed by atoms with Crippen molar-refractivity contribution in [2.24, 2.45) is 0 Å². The maximum atomic E-state index is 12.8. The van der Waals surface area contributed by atoms with E-state index < -0.39 is 10.0 Å². The third-order valence-electron chi connectivity index (χ3n) is 4.79. The van der Waals surface area contributed by atoms with Crippen molar-refractivity contribution < 1.29 is 17.9 Å². The Hall–Kier alpha value is -2.45. The fraction of sp³-hybridized carbons (Fsp3) is 0.400. The number of nitrogens with zero attached hydrogens (tertiary/aromatic N) is 2. The van der Waals surface area contributed by atoms with E-state index in [0.29, 0.717) is 37.4 Å². The molecule has 1 saturated heterocycles. The maximum Gasteiger partial charge on any atom is 0.243 e. The molecule has 1 aliphatic heterocycles. The Morgan fingerprint density at radius 2 is 2.04 bits per heavy atom. The molecule has 2 heterocycles. The second-order valence-corrected chi connectivity index (χ2v) is 8.66. The second-order valence-electron chi connectivity index (χ2n) is 6.72. The molecule has 0 saturated carbocycles. The minimum Gasteiger partial charge on any atom is -0.496 e. The largest absolute Gasteiger partial charge is 0.496 e. The van der Waals surface area contributed by atoms with Gasteiger partial charge in [0.05, 0.1) is 12.0 Å². The third kappa shape index (κ3) is 4.88. The second kappa shape index (κ2) is 9.16. The Balaban J connectivity index is 1.66. The number of carbonyl (C=O) groups excluding carboxylic acids is 1. The molecule has 2 aromatic rings. The summed E-state index contributed by atoms with van der Waals surface area (Å²) in [6.07, 6.45) is 5.80. The number of carbonyl (C=O) groups is 1. The smallest absolute Gasteiger partial charge is 0.243 e. The molecule has 150 valence electrons. The molecule has 8 heteroatoms. The summed E-state index contributed by atoms with van der Waals surface area (Å²) < 4.78 is 32.4. The normalized spacial score (nSPS) is 14.8. The van der Waals surface area contributed by atoms with Crippen molar-refractivity contribution in [2.45, 2.75) is 37.1 Å². The van der Waals surface area contributed by atoms with Crippen LogP contribution in [0.15, 0.2) is 47.6 Å². The number of benzene rings is 1. The lowest BCUT2D eigenvalue weighted by Gasteiger charge is -2.17. The maximum absolute atomic E-state index is 12.8. The number of aryl methyl sites for hydroxylation is 1. The summed E-state index contributed by atoms with van der Waals surface area (Å²) in [5.41, 5.74) is 1.63. The predicted molar refractivity (Wildman–Crippen MR) is 105 cm³/mol. The summed E-state index contributed by atoms with van der Waals surface area (Å²) >= 11 is 0. The van der Waals surface area contributed by atoms with Crippen LogP contribution in [0.1, 0.15) is 30.4 Å². The molecule has 0 unspecified atom stereocenters. The molecule has 0 radical (unpaired) electrons. The van der Waals surface area contributed by atoms with Gasteiger partial charge in [-0.1, -0.05) is 6.07 Å². The number of methoxy groups -OCH3 is 1. The van der Waals surface area contributed by atoms with Crippen LogP contribution in [0.25, 0.3) is 0 Å². The van der Waals surface area contributed by atoms with Gasteiger partial charge in [-0.25, -0.2) is 8.42 Å². The van der Waals surface area contributed by atoms with E-state index in [0.717, 1.165) is 18.4 Å². The average molecular weight is 404 g/mol. The summed E-state index contributed by atoms with van der Waals surface area (Å²) in [4.78, 5) is 16.4. The first kappa shape index (κ1) is 20.3. The first-order valence-corrected chi connectivity index (χ1v) is 10.8. The zero-order valence-electron chi connectivity index (χ0n) is 15.9. The van der Waals surface area contributed by atoms with Crippen molar-refractivity contribution in [1.29, 1.82) is 0 Å². The Labute approximate surface area is 165 Å². The summed E-state index contributed by atoms with van der Waals surface area (Å²) in [5.74, 6) is 0.471. The number of sulfonamides is 1. The molecule has 0 bridgehead atoms. The number of pyridine rings is 1. The van der Waals surface area contributed by atoms with E-state index in [-0.39, 0.29) is 17.2 Å². The van der Waals surface area contributed by atoms with Crippen molar-refractivity contribution in [3.05, 3.63) is 53.9 Å². The fourth-order valence-electron chi connectivity index (χ4n) is 3.23. The minimum absolute atomic E-state index is 0.112. The molecular formula is C20H25N3O4S. The summed E-state index contributed by atoms with van der Waals surface area (Å²) in [6.45, 7) is 1.52. The molecule has 1 N–H and O–H groups in total. The van der Waals surface area contributed by atoms with Crippen molar-refractivity contribution in [2.75, 3.05) is 20.2 Å².